The van der Waals surface area contributed by atoms with E-state index in [2.05, 4.69) is 46.4 Å². The zero-order valence-corrected chi connectivity index (χ0v) is 23.4. The Bertz CT molecular complexity index is 1150. The maximum Gasteiger partial charge on any atom is 0.308 e. The van der Waals surface area contributed by atoms with Crippen molar-refractivity contribution in [3.05, 3.63) is 11.6 Å². The van der Waals surface area contributed by atoms with E-state index in [0.717, 1.165) is 44.2 Å². The van der Waals surface area contributed by atoms with Crippen molar-refractivity contribution in [2.45, 2.75) is 110 Å². The van der Waals surface area contributed by atoms with Gasteiger partial charge in [0.25, 0.3) is 0 Å². The van der Waals surface area contributed by atoms with Crippen LogP contribution in [0.5, 0.6) is 0 Å². The third-order valence-electron chi connectivity index (χ3n) is 12.9. The van der Waals surface area contributed by atoms with Gasteiger partial charge < -0.3 is 9.47 Å². The molecule has 1 spiro atoms. The van der Waals surface area contributed by atoms with Gasteiger partial charge in [-0.15, -0.1) is 0 Å². The van der Waals surface area contributed by atoms with Crippen molar-refractivity contribution >= 4 is 17.5 Å². The highest BCUT2D eigenvalue weighted by Gasteiger charge is 2.82. The zero-order valence-electron chi connectivity index (χ0n) is 23.4. The van der Waals surface area contributed by atoms with Gasteiger partial charge in [0.15, 0.2) is 11.5 Å². The molecule has 4 bridgehead atoms. The highest BCUT2D eigenvalue weighted by atomic mass is 16.6. The number of allylic oxidation sites excluding steroid dienone is 2. The van der Waals surface area contributed by atoms with Gasteiger partial charge in [0.2, 0.25) is 0 Å². The largest absolute Gasteiger partial charge is 0.443 e. The Labute approximate surface area is 220 Å². The fourth-order valence-corrected chi connectivity index (χ4v) is 11.6. The first-order valence-electron chi connectivity index (χ1n) is 14.8. The molecule has 11 atom stereocenters. The third-order valence-corrected chi connectivity index (χ3v) is 12.9. The van der Waals surface area contributed by atoms with Crippen LogP contribution in [-0.2, 0) is 23.9 Å². The second-order valence-electron chi connectivity index (χ2n) is 14.8. The minimum Gasteiger partial charge on any atom is -0.443 e. The third kappa shape index (κ3) is 2.63. The second-order valence-corrected chi connectivity index (χ2v) is 14.8. The number of piperidine rings is 1. The van der Waals surface area contributed by atoms with Crippen LogP contribution in [0.3, 0.4) is 0 Å². The van der Waals surface area contributed by atoms with E-state index in [-0.39, 0.29) is 59.1 Å². The second kappa shape index (κ2) is 7.15. The van der Waals surface area contributed by atoms with Crippen LogP contribution >= 0.6 is 0 Å². The summed E-state index contributed by atoms with van der Waals surface area (Å²) in [6.45, 7) is 14.0. The summed E-state index contributed by atoms with van der Waals surface area (Å²) in [5.74, 6) is 0.0301. The molecule has 4 heterocycles. The minimum atomic E-state index is -0.818. The van der Waals surface area contributed by atoms with Crippen molar-refractivity contribution in [1.82, 2.24) is 4.90 Å². The molecule has 0 aromatic heterocycles. The van der Waals surface area contributed by atoms with E-state index in [4.69, 9.17) is 9.47 Å². The van der Waals surface area contributed by atoms with Gasteiger partial charge in [0, 0.05) is 36.1 Å². The number of fused-ring (bicyclic) bond motifs is 5. The van der Waals surface area contributed by atoms with E-state index >= 15 is 0 Å². The molecule has 6 heteroatoms. The Morgan fingerprint density at radius 2 is 1.89 bits per heavy atom. The Morgan fingerprint density at radius 1 is 1.14 bits per heavy atom. The van der Waals surface area contributed by atoms with Crippen molar-refractivity contribution < 1.29 is 23.9 Å². The molecular formula is C31H43NO5. The average Bonchev–Trinajstić information content (AvgIpc) is 3.07. The van der Waals surface area contributed by atoms with Gasteiger partial charge in [0.05, 0.1) is 12.5 Å². The molecule has 37 heavy (non-hydrogen) atoms. The van der Waals surface area contributed by atoms with Crippen molar-refractivity contribution in [2.75, 3.05) is 6.54 Å². The van der Waals surface area contributed by atoms with Gasteiger partial charge in [-0.1, -0.05) is 40.2 Å². The van der Waals surface area contributed by atoms with Crippen molar-refractivity contribution in [2.24, 2.45) is 45.8 Å². The van der Waals surface area contributed by atoms with Gasteiger partial charge in [0.1, 0.15) is 11.5 Å². The lowest BCUT2D eigenvalue weighted by atomic mass is 9.33. The first-order valence-corrected chi connectivity index (χ1v) is 14.8. The zero-order chi connectivity index (χ0) is 26.3. The first-order chi connectivity index (χ1) is 17.3. The van der Waals surface area contributed by atoms with Crippen molar-refractivity contribution in [3.63, 3.8) is 0 Å². The number of ether oxygens (including phenoxy) is 2. The smallest absolute Gasteiger partial charge is 0.308 e. The maximum atomic E-state index is 14.6. The Balaban J connectivity index is 1.46. The van der Waals surface area contributed by atoms with Gasteiger partial charge in [-0.25, -0.2) is 4.90 Å². The topological polar surface area (TPSA) is 72.9 Å². The summed E-state index contributed by atoms with van der Waals surface area (Å²) in [4.78, 5) is 44.2. The molecule has 0 N–H and O–H groups in total. The molecule has 2 saturated carbocycles. The lowest BCUT2D eigenvalue weighted by Crippen LogP contribution is -2.83. The van der Waals surface area contributed by atoms with Crippen LogP contribution in [0.4, 0.5) is 0 Å². The lowest BCUT2D eigenvalue weighted by molar-refractivity contribution is -0.380. The molecular weight excluding hydrogens is 466 g/mol. The summed E-state index contributed by atoms with van der Waals surface area (Å²) in [7, 11) is 0. The molecule has 0 aromatic carbocycles. The Morgan fingerprint density at radius 3 is 2.62 bits per heavy atom. The van der Waals surface area contributed by atoms with E-state index in [0.29, 0.717) is 18.8 Å². The number of ketones is 2. The predicted molar refractivity (Wildman–Crippen MR) is 137 cm³/mol. The van der Waals surface area contributed by atoms with E-state index in [1.54, 1.807) is 6.08 Å². The molecule has 6 nitrogen and oxygen atoms in total. The fourth-order valence-electron chi connectivity index (χ4n) is 11.6. The number of carbonyl (C=O) groups is 3. The van der Waals surface area contributed by atoms with Gasteiger partial charge >= 0.3 is 5.97 Å². The van der Waals surface area contributed by atoms with Crippen LogP contribution < -0.4 is 0 Å². The SMILES string of the molecule is CC[C@H]1C(=O)[C@H]2[C@@](C)(C[C@@]34OC(=O)C[C@]2(C)[C@]3(C)CC[C@]23C[C@@H](C)C[C@H](CN24)O3)C2CC(C)=CC(=O)C21. The van der Waals surface area contributed by atoms with Crippen molar-refractivity contribution in [1.29, 1.82) is 0 Å². The summed E-state index contributed by atoms with van der Waals surface area (Å²) in [5.41, 5.74) is -1.44. The van der Waals surface area contributed by atoms with Gasteiger partial charge in [-0.05, 0) is 74.2 Å². The highest BCUT2D eigenvalue weighted by Crippen LogP contribution is 2.78. The van der Waals surface area contributed by atoms with Crippen LogP contribution in [0, 0.1) is 45.8 Å². The Hall–Kier alpha value is -1.53. The molecule has 2 unspecified atom stereocenters. The van der Waals surface area contributed by atoms with Gasteiger partial charge in [-0.2, -0.15) is 0 Å². The number of esters is 1. The standard InChI is InChI=1S/C31H43NO5/c1-7-20-24-21(11-17(2)12-22(24)33)27(4)16-31-29(6,28(5,14-23(34)37-31)26(27)25(20)35)8-9-30-13-18(3)10-19(36-30)15-32(30)31/h12,18-21,24,26H,7-11,13-16H2,1-6H3/t18-,19+,20+,21?,24?,26-,27-,28-,29-,30-,31+/m0/s1. The molecule has 6 fully saturated rings. The molecule has 0 aromatic rings. The highest BCUT2D eigenvalue weighted by molar-refractivity contribution is 6.00. The normalized spacial score (nSPS) is 56.5. The minimum absolute atomic E-state index is 0.0786. The number of rotatable bonds is 1. The quantitative estimate of drug-likeness (QED) is 0.461. The van der Waals surface area contributed by atoms with Crippen LogP contribution in [0.25, 0.3) is 0 Å². The van der Waals surface area contributed by atoms with E-state index < -0.39 is 22.3 Å². The van der Waals surface area contributed by atoms with Crippen LogP contribution in [0.1, 0.15) is 92.9 Å². The number of nitrogens with zero attached hydrogens (tertiary/aromatic N) is 1. The average molecular weight is 510 g/mol. The monoisotopic (exact) mass is 509 g/mol. The molecule has 4 saturated heterocycles. The molecule has 3 aliphatic carbocycles. The fraction of sp³-hybridized carbons (Fsp3) is 0.839. The summed E-state index contributed by atoms with van der Waals surface area (Å²) >= 11 is 0. The molecule has 7 aliphatic rings. The van der Waals surface area contributed by atoms with Crippen molar-refractivity contribution in [3.8, 4) is 0 Å². The van der Waals surface area contributed by atoms with E-state index in [1.807, 2.05) is 0 Å². The van der Waals surface area contributed by atoms with Crippen LogP contribution in [-0.4, -0.2) is 46.5 Å². The van der Waals surface area contributed by atoms with E-state index in [9.17, 15) is 14.4 Å². The summed E-state index contributed by atoms with van der Waals surface area (Å²) < 4.78 is 13.5. The number of Topliss-reactive ketones (excluding diaryl/α,β-unsaturated/α-hetero) is 1. The van der Waals surface area contributed by atoms with E-state index in [1.165, 1.54) is 0 Å². The maximum absolute atomic E-state index is 14.6. The first kappa shape index (κ1) is 24.5. The summed E-state index contributed by atoms with van der Waals surface area (Å²) in [5, 5.41) is 0. The van der Waals surface area contributed by atoms with Crippen LogP contribution in [0.15, 0.2) is 11.6 Å². The predicted octanol–water partition coefficient (Wildman–Crippen LogP) is 5.05. The number of hydrogen-bond acceptors (Lipinski definition) is 6. The number of carbonyl (C=O) groups excluding carboxylic acids is 3. The summed E-state index contributed by atoms with van der Waals surface area (Å²) in [6, 6.07) is 0. The molecule has 0 amide bonds. The molecule has 7 rings (SSSR count). The van der Waals surface area contributed by atoms with Crippen LogP contribution in [0.2, 0.25) is 0 Å². The lowest BCUT2D eigenvalue weighted by Gasteiger charge is -2.76. The number of hydrogen-bond donors (Lipinski definition) is 0. The summed E-state index contributed by atoms with van der Waals surface area (Å²) in [6.07, 6.45) is 8.15. The Kier molecular flexibility index (Phi) is 4.74. The molecule has 0 radical (unpaired) electrons. The molecule has 4 aliphatic heterocycles. The van der Waals surface area contributed by atoms with Gasteiger partial charge in [-0.3, -0.25) is 14.4 Å². The molecule has 202 valence electrons.